The minimum Gasteiger partial charge on any atom is -0.497 e. The number of ether oxygens (including phenoxy) is 3. The summed E-state index contributed by atoms with van der Waals surface area (Å²) in [6.45, 7) is 2.12. The highest BCUT2D eigenvalue weighted by Gasteiger charge is 2.54. The van der Waals surface area contributed by atoms with Crippen molar-refractivity contribution in [2.75, 3.05) is 33.4 Å². The van der Waals surface area contributed by atoms with E-state index in [0.29, 0.717) is 36.8 Å². The summed E-state index contributed by atoms with van der Waals surface area (Å²) < 4.78 is 18.8. The second kappa shape index (κ2) is 13.5. The summed E-state index contributed by atoms with van der Waals surface area (Å²) in [6, 6.07) is 23.1. The number of hydrogen-bond donors (Lipinski definition) is 2. The van der Waals surface area contributed by atoms with Gasteiger partial charge in [-0.3, -0.25) is 10.2 Å². The molecule has 41 heavy (non-hydrogen) atoms. The van der Waals surface area contributed by atoms with Crippen molar-refractivity contribution in [2.24, 2.45) is 4.99 Å². The SMILES string of the molecule is COc1cccc([C@@H]2OC(c3ccc(OCCCO)cc3)=N[C@]2(Cc2ccc(Br)cc2)C(=O)NN2CCCCC2)c1. The Hall–Kier alpha value is -3.40. The van der Waals surface area contributed by atoms with Gasteiger partial charge in [0, 0.05) is 42.6 Å². The first-order chi connectivity index (χ1) is 20.0. The number of aliphatic imine (C=N–C) groups is 1. The van der Waals surface area contributed by atoms with E-state index in [9.17, 15) is 4.79 Å². The summed E-state index contributed by atoms with van der Waals surface area (Å²) >= 11 is 3.52. The van der Waals surface area contributed by atoms with Crippen LogP contribution in [0, 0.1) is 0 Å². The van der Waals surface area contributed by atoms with Crippen LogP contribution in [0.5, 0.6) is 11.5 Å². The van der Waals surface area contributed by atoms with E-state index < -0.39 is 11.6 Å². The molecular formula is C32H36BrN3O5. The van der Waals surface area contributed by atoms with Crippen molar-refractivity contribution in [3.63, 3.8) is 0 Å². The van der Waals surface area contributed by atoms with Crippen LogP contribution in [0.4, 0.5) is 0 Å². The summed E-state index contributed by atoms with van der Waals surface area (Å²) in [5.74, 6) is 1.56. The van der Waals surface area contributed by atoms with Gasteiger partial charge in [0.15, 0.2) is 11.6 Å². The number of aliphatic hydroxyl groups excluding tert-OH is 1. The van der Waals surface area contributed by atoms with Gasteiger partial charge in [0.2, 0.25) is 5.90 Å². The lowest BCUT2D eigenvalue weighted by Crippen LogP contribution is -2.56. The zero-order valence-electron chi connectivity index (χ0n) is 23.2. The maximum atomic E-state index is 14.4. The first-order valence-corrected chi connectivity index (χ1v) is 14.8. The van der Waals surface area contributed by atoms with Crippen molar-refractivity contribution in [1.29, 1.82) is 0 Å². The summed E-state index contributed by atoms with van der Waals surface area (Å²) in [4.78, 5) is 19.5. The Balaban J connectivity index is 1.56. The lowest BCUT2D eigenvalue weighted by Gasteiger charge is -2.34. The highest BCUT2D eigenvalue weighted by Crippen LogP contribution is 2.43. The van der Waals surface area contributed by atoms with Crippen molar-refractivity contribution in [3.8, 4) is 11.5 Å². The van der Waals surface area contributed by atoms with Crippen LogP contribution in [0.25, 0.3) is 0 Å². The second-order valence-corrected chi connectivity index (χ2v) is 11.3. The molecule has 1 saturated heterocycles. The fourth-order valence-electron chi connectivity index (χ4n) is 5.25. The molecule has 0 bridgehead atoms. The standard InChI is InChI=1S/C32H36BrN3O5/c1-39-28-8-5-7-25(21-28)29-32(22-23-9-13-26(33)14-10-23,31(38)35-36-17-3-2-4-18-36)34-30(41-29)24-11-15-27(16-12-24)40-20-6-19-37/h5,7-16,21,29,37H,2-4,6,17-20,22H2,1H3,(H,35,38)/t29-,32-/m0/s1. The second-order valence-electron chi connectivity index (χ2n) is 10.4. The third-order valence-corrected chi connectivity index (χ3v) is 7.96. The minimum atomic E-state index is -1.27. The Morgan fingerprint density at radius 2 is 1.83 bits per heavy atom. The number of rotatable bonds is 11. The van der Waals surface area contributed by atoms with E-state index in [1.165, 1.54) is 0 Å². The average molecular weight is 623 g/mol. The Bertz CT molecular complexity index is 1340. The monoisotopic (exact) mass is 621 g/mol. The van der Waals surface area contributed by atoms with Crippen LogP contribution in [0.3, 0.4) is 0 Å². The van der Waals surface area contributed by atoms with Gasteiger partial charge in [0.1, 0.15) is 11.5 Å². The molecule has 5 rings (SSSR count). The number of nitrogens with one attached hydrogen (secondary N) is 1. The molecule has 0 radical (unpaired) electrons. The van der Waals surface area contributed by atoms with Crippen LogP contribution in [0.2, 0.25) is 0 Å². The molecule has 1 fully saturated rings. The smallest absolute Gasteiger partial charge is 0.266 e. The Morgan fingerprint density at radius 3 is 2.54 bits per heavy atom. The number of benzene rings is 3. The number of amides is 1. The molecule has 2 aliphatic rings. The number of nitrogens with zero attached hydrogens (tertiary/aromatic N) is 2. The van der Waals surface area contributed by atoms with Gasteiger partial charge in [-0.1, -0.05) is 46.6 Å². The van der Waals surface area contributed by atoms with E-state index in [1.54, 1.807) is 7.11 Å². The predicted molar refractivity (Wildman–Crippen MR) is 161 cm³/mol. The zero-order chi connectivity index (χ0) is 28.7. The molecule has 3 aromatic rings. The number of carbonyl (C=O) groups excluding carboxylic acids is 1. The summed E-state index contributed by atoms with van der Waals surface area (Å²) in [6.07, 6.45) is 3.45. The van der Waals surface area contributed by atoms with E-state index in [-0.39, 0.29) is 12.5 Å². The van der Waals surface area contributed by atoms with Gasteiger partial charge in [-0.05, 0) is 72.5 Å². The van der Waals surface area contributed by atoms with Crippen molar-refractivity contribution in [1.82, 2.24) is 10.4 Å². The van der Waals surface area contributed by atoms with Crippen LogP contribution >= 0.6 is 15.9 Å². The van der Waals surface area contributed by atoms with Gasteiger partial charge in [-0.15, -0.1) is 0 Å². The van der Waals surface area contributed by atoms with Gasteiger partial charge >= 0.3 is 0 Å². The van der Waals surface area contributed by atoms with Crippen molar-refractivity contribution in [3.05, 3.63) is 94.0 Å². The van der Waals surface area contributed by atoms with E-state index >= 15 is 0 Å². The summed E-state index contributed by atoms with van der Waals surface area (Å²) in [5, 5.41) is 11.0. The maximum Gasteiger partial charge on any atom is 0.266 e. The quantitative estimate of drug-likeness (QED) is 0.285. The first kappa shape index (κ1) is 29.1. The van der Waals surface area contributed by atoms with E-state index in [2.05, 4.69) is 21.4 Å². The summed E-state index contributed by atoms with van der Waals surface area (Å²) in [7, 11) is 1.62. The third-order valence-electron chi connectivity index (χ3n) is 7.43. The van der Waals surface area contributed by atoms with Gasteiger partial charge < -0.3 is 19.3 Å². The number of methoxy groups -OCH3 is 1. The molecule has 8 nitrogen and oxygen atoms in total. The van der Waals surface area contributed by atoms with Crippen LogP contribution in [0.1, 0.15) is 48.5 Å². The number of hydrogen-bond acceptors (Lipinski definition) is 7. The van der Waals surface area contributed by atoms with Gasteiger partial charge in [0.05, 0.1) is 13.7 Å². The molecule has 2 aliphatic heterocycles. The molecule has 9 heteroatoms. The number of carbonyl (C=O) groups is 1. The predicted octanol–water partition coefficient (Wildman–Crippen LogP) is 5.24. The van der Waals surface area contributed by atoms with Gasteiger partial charge in [-0.25, -0.2) is 10.0 Å². The number of piperidine rings is 1. The minimum absolute atomic E-state index is 0.0777. The average Bonchev–Trinajstić information content (AvgIpc) is 3.40. The zero-order valence-corrected chi connectivity index (χ0v) is 24.8. The topological polar surface area (TPSA) is 92.6 Å². The van der Waals surface area contributed by atoms with Crippen LogP contribution in [-0.2, 0) is 16.0 Å². The molecule has 0 saturated carbocycles. The number of hydrazine groups is 1. The Kier molecular flexibility index (Phi) is 9.59. The molecule has 0 aliphatic carbocycles. The molecule has 0 unspecified atom stereocenters. The van der Waals surface area contributed by atoms with E-state index in [4.69, 9.17) is 24.3 Å². The fourth-order valence-corrected chi connectivity index (χ4v) is 5.51. The van der Waals surface area contributed by atoms with Crippen LogP contribution in [0.15, 0.2) is 82.3 Å². The van der Waals surface area contributed by atoms with Gasteiger partial charge in [-0.2, -0.15) is 0 Å². The maximum absolute atomic E-state index is 14.4. The molecule has 0 spiro atoms. The van der Waals surface area contributed by atoms with Gasteiger partial charge in [0.25, 0.3) is 5.91 Å². The first-order valence-electron chi connectivity index (χ1n) is 14.1. The molecule has 1 amide bonds. The molecule has 0 aromatic heterocycles. The molecular weight excluding hydrogens is 586 g/mol. The molecule has 2 N–H and O–H groups in total. The lowest BCUT2D eigenvalue weighted by molar-refractivity contribution is -0.134. The third kappa shape index (κ3) is 6.92. The summed E-state index contributed by atoms with van der Waals surface area (Å²) in [5.41, 5.74) is 4.44. The van der Waals surface area contributed by atoms with Crippen molar-refractivity contribution in [2.45, 2.75) is 43.7 Å². The highest BCUT2D eigenvalue weighted by molar-refractivity contribution is 9.10. The lowest BCUT2D eigenvalue weighted by atomic mass is 9.82. The number of aliphatic hydroxyl groups is 1. The van der Waals surface area contributed by atoms with Crippen molar-refractivity contribution < 1.29 is 24.1 Å². The largest absolute Gasteiger partial charge is 0.497 e. The normalized spacial score (nSPS) is 20.7. The molecule has 3 aromatic carbocycles. The number of halogens is 1. The van der Waals surface area contributed by atoms with E-state index in [1.807, 2.05) is 77.8 Å². The molecule has 216 valence electrons. The van der Waals surface area contributed by atoms with Crippen molar-refractivity contribution >= 4 is 27.7 Å². The molecule has 2 atom stereocenters. The Labute approximate surface area is 249 Å². The highest BCUT2D eigenvalue weighted by atomic mass is 79.9. The Morgan fingerprint density at radius 1 is 1.07 bits per heavy atom. The van der Waals surface area contributed by atoms with E-state index in [0.717, 1.165) is 53.5 Å². The van der Waals surface area contributed by atoms with Crippen LogP contribution < -0.4 is 14.9 Å². The molecule has 2 heterocycles. The fraction of sp³-hybridized carbons (Fsp3) is 0.375. The van der Waals surface area contributed by atoms with Crippen LogP contribution in [-0.4, -0.2) is 60.9 Å².